The van der Waals surface area contributed by atoms with Crippen molar-refractivity contribution < 1.29 is 28.6 Å². The molecule has 0 amide bonds. The minimum Gasteiger partial charge on any atom is -0.469 e. The van der Waals surface area contributed by atoms with Crippen molar-refractivity contribution in [3.63, 3.8) is 0 Å². The van der Waals surface area contributed by atoms with Gasteiger partial charge in [0.05, 0.1) is 21.3 Å². The van der Waals surface area contributed by atoms with Crippen molar-refractivity contribution in [3.8, 4) is 0 Å². The van der Waals surface area contributed by atoms with Crippen LogP contribution in [0, 0.1) is 5.41 Å². The number of methoxy groups -OCH3 is 3. The second kappa shape index (κ2) is 5.14. The van der Waals surface area contributed by atoms with Crippen LogP contribution in [0.3, 0.4) is 0 Å². The molecule has 0 radical (unpaired) electrons. The fraction of sp³-hybridized carbons (Fsp3) is 0.727. The van der Waals surface area contributed by atoms with Crippen LogP contribution in [0.2, 0.25) is 0 Å². The SMILES string of the molecule is COC(=O)CC[C@]1(C(=O)OC)C[C@]1(Cl)C(=O)OC. The molecule has 1 fully saturated rings. The van der Waals surface area contributed by atoms with Crippen LogP contribution >= 0.6 is 11.6 Å². The highest BCUT2D eigenvalue weighted by atomic mass is 35.5. The molecule has 0 N–H and O–H groups in total. The Hall–Kier alpha value is -1.30. The summed E-state index contributed by atoms with van der Waals surface area (Å²) in [5, 5.41) is 0. The Balaban J connectivity index is 2.85. The summed E-state index contributed by atoms with van der Waals surface area (Å²) >= 11 is 6.09. The molecule has 0 heterocycles. The lowest BCUT2D eigenvalue weighted by molar-refractivity contribution is -0.153. The van der Waals surface area contributed by atoms with Gasteiger partial charge in [-0.05, 0) is 12.8 Å². The third-order valence-electron chi connectivity index (χ3n) is 3.25. The summed E-state index contributed by atoms with van der Waals surface area (Å²) in [7, 11) is 3.64. The van der Waals surface area contributed by atoms with E-state index in [1.165, 1.54) is 21.3 Å². The summed E-state index contributed by atoms with van der Waals surface area (Å²) in [5.41, 5.74) is -1.20. The molecule has 0 unspecified atom stereocenters. The van der Waals surface area contributed by atoms with Crippen LogP contribution in [0.5, 0.6) is 0 Å². The summed E-state index contributed by atoms with van der Waals surface area (Å²) in [6.45, 7) is 0. The summed E-state index contributed by atoms with van der Waals surface area (Å²) in [5.74, 6) is -1.79. The molecule has 0 spiro atoms. The smallest absolute Gasteiger partial charge is 0.328 e. The lowest BCUT2D eigenvalue weighted by atomic mass is 9.96. The third-order valence-corrected chi connectivity index (χ3v) is 3.90. The van der Waals surface area contributed by atoms with E-state index in [-0.39, 0.29) is 19.3 Å². The van der Waals surface area contributed by atoms with Crippen molar-refractivity contribution in [2.24, 2.45) is 5.41 Å². The van der Waals surface area contributed by atoms with E-state index in [9.17, 15) is 14.4 Å². The first kappa shape index (κ1) is 14.8. The van der Waals surface area contributed by atoms with E-state index in [0.717, 1.165) is 0 Å². The molecular formula is C11H15ClO6. The van der Waals surface area contributed by atoms with Crippen molar-refractivity contribution in [3.05, 3.63) is 0 Å². The summed E-state index contributed by atoms with van der Waals surface area (Å²) in [6.07, 6.45) is 0.167. The molecule has 102 valence electrons. The van der Waals surface area contributed by atoms with E-state index in [4.69, 9.17) is 11.6 Å². The quantitative estimate of drug-likeness (QED) is 0.417. The zero-order chi connectivity index (χ0) is 14.0. The molecular weight excluding hydrogens is 264 g/mol. The number of halogens is 1. The summed E-state index contributed by atoms with van der Waals surface area (Å²) < 4.78 is 13.7. The summed E-state index contributed by atoms with van der Waals surface area (Å²) in [6, 6.07) is 0. The molecule has 1 saturated carbocycles. The molecule has 0 saturated heterocycles. The van der Waals surface area contributed by atoms with Gasteiger partial charge in [0.2, 0.25) is 0 Å². The molecule has 1 rings (SSSR count). The van der Waals surface area contributed by atoms with E-state index in [1.807, 2.05) is 0 Å². The average Bonchev–Trinajstić information content (AvgIpc) is 3.02. The van der Waals surface area contributed by atoms with Gasteiger partial charge in [0.15, 0.2) is 4.87 Å². The Morgan fingerprint density at radius 3 is 2.06 bits per heavy atom. The number of hydrogen-bond donors (Lipinski definition) is 0. The van der Waals surface area contributed by atoms with E-state index in [2.05, 4.69) is 14.2 Å². The van der Waals surface area contributed by atoms with Gasteiger partial charge in [-0.3, -0.25) is 14.4 Å². The van der Waals surface area contributed by atoms with Gasteiger partial charge in [-0.2, -0.15) is 0 Å². The van der Waals surface area contributed by atoms with Crippen LogP contribution in [0.25, 0.3) is 0 Å². The minimum atomic E-state index is -1.44. The van der Waals surface area contributed by atoms with Crippen LogP contribution in [-0.2, 0) is 28.6 Å². The van der Waals surface area contributed by atoms with Crippen LogP contribution in [0.15, 0.2) is 0 Å². The first-order chi connectivity index (χ1) is 8.37. The van der Waals surface area contributed by atoms with E-state index in [1.54, 1.807) is 0 Å². The van der Waals surface area contributed by atoms with Crippen molar-refractivity contribution in [1.29, 1.82) is 0 Å². The standard InChI is InChI=1S/C11H15ClO6/c1-16-7(13)4-5-10(8(14)17-2)6-11(10,12)9(15)18-3/h4-6H2,1-3H3/t10-,11+/m1/s1. The molecule has 0 aromatic rings. The second-order valence-corrected chi connectivity index (χ2v) is 4.76. The fourth-order valence-corrected chi connectivity index (χ4v) is 2.51. The molecule has 0 aromatic carbocycles. The number of hydrogen-bond acceptors (Lipinski definition) is 6. The highest BCUT2D eigenvalue weighted by molar-refractivity contribution is 6.39. The van der Waals surface area contributed by atoms with Crippen molar-refractivity contribution in [2.75, 3.05) is 21.3 Å². The minimum absolute atomic E-state index is 0.0168. The molecule has 1 aliphatic carbocycles. The van der Waals surface area contributed by atoms with Crippen LogP contribution in [-0.4, -0.2) is 44.1 Å². The number of ether oxygens (including phenoxy) is 3. The van der Waals surface area contributed by atoms with Gasteiger partial charge in [0.25, 0.3) is 0 Å². The summed E-state index contributed by atoms with van der Waals surface area (Å²) in [4.78, 5) is 33.0. The molecule has 7 heteroatoms. The second-order valence-electron chi connectivity index (χ2n) is 4.12. The molecule has 0 aromatic heterocycles. The Labute approximate surface area is 110 Å². The van der Waals surface area contributed by atoms with Crippen molar-refractivity contribution >= 4 is 29.5 Å². The Morgan fingerprint density at radius 2 is 1.61 bits per heavy atom. The first-order valence-corrected chi connectivity index (χ1v) is 5.68. The lowest BCUT2D eigenvalue weighted by Gasteiger charge is -2.17. The zero-order valence-corrected chi connectivity index (χ0v) is 11.2. The number of carbonyl (C=O) groups excluding carboxylic acids is 3. The maximum atomic E-state index is 11.8. The molecule has 0 bridgehead atoms. The largest absolute Gasteiger partial charge is 0.469 e. The van der Waals surface area contributed by atoms with Gasteiger partial charge in [-0.15, -0.1) is 11.6 Å². The molecule has 18 heavy (non-hydrogen) atoms. The average molecular weight is 279 g/mol. The van der Waals surface area contributed by atoms with Gasteiger partial charge in [-0.1, -0.05) is 0 Å². The van der Waals surface area contributed by atoms with E-state index < -0.39 is 28.2 Å². The number of esters is 3. The van der Waals surface area contributed by atoms with Gasteiger partial charge in [-0.25, -0.2) is 0 Å². The number of rotatable bonds is 5. The molecule has 1 aliphatic rings. The Morgan fingerprint density at radius 1 is 1.06 bits per heavy atom. The van der Waals surface area contributed by atoms with Crippen molar-refractivity contribution in [1.82, 2.24) is 0 Å². The topological polar surface area (TPSA) is 78.9 Å². The maximum Gasteiger partial charge on any atom is 0.328 e. The predicted octanol–water partition coefficient (Wildman–Crippen LogP) is 0.653. The maximum absolute atomic E-state index is 11.8. The zero-order valence-electron chi connectivity index (χ0n) is 10.4. The predicted molar refractivity (Wildman–Crippen MR) is 60.9 cm³/mol. The Bertz CT molecular complexity index is 382. The number of alkyl halides is 1. The van der Waals surface area contributed by atoms with Gasteiger partial charge in [0.1, 0.15) is 5.41 Å². The highest BCUT2D eigenvalue weighted by Gasteiger charge is 2.77. The normalized spacial score (nSPS) is 29.3. The first-order valence-electron chi connectivity index (χ1n) is 5.30. The van der Waals surface area contributed by atoms with Crippen LogP contribution in [0.1, 0.15) is 19.3 Å². The van der Waals surface area contributed by atoms with Gasteiger partial charge >= 0.3 is 17.9 Å². The van der Waals surface area contributed by atoms with Crippen molar-refractivity contribution in [2.45, 2.75) is 24.1 Å². The van der Waals surface area contributed by atoms with E-state index in [0.29, 0.717) is 0 Å². The fourth-order valence-electron chi connectivity index (χ4n) is 2.04. The Kier molecular flexibility index (Phi) is 4.21. The van der Waals surface area contributed by atoms with E-state index >= 15 is 0 Å². The lowest BCUT2D eigenvalue weighted by Crippen LogP contribution is -2.33. The monoisotopic (exact) mass is 278 g/mol. The van der Waals surface area contributed by atoms with Gasteiger partial charge in [0, 0.05) is 6.42 Å². The van der Waals surface area contributed by atoms with Crippen LogP contribution < -0.4 is 0 Å². The molecule has 0 aliphatic heterocycles. The third kappa shape index (κ3) is 2.16. The number of carbonyl (C=O) groups is 3. The van der Waals surface area contributed by atoms with Gasteiger partial charge < -0.3 is 14.2 Å². The highest BCUT2D eigenvalue weighted by Crippen LogP contribution is 2.64. The molecule has 6 nitrogen and oxygen atoms in total. The van der Waals surface area contributed by atoms with Crippen LogP contribution in [0.4, 0.5) is 0 Å². The molecule has 2 atom stereocenters.